The van der Waals surface area contributed by atoms with Crippen LogP contribution in [-0.2, 0) is 0 Å². The number of nitrogens with one attached hydrogen (secondary N) is 1. The number of anilines is 1. The minimum atomic E-state index is -0.438. The number of nitrogens with zero attached hydrogens (tertiary/aromatic N) is 1. The van der Waals surface area contributed by atoms with E-state index in [1.807, 2.05) is 6.07 Å². The van der Waals surface area contributed by atoms with Gasteiger partial charge in [-0.3, -0.25) is 0 Å². The van der Waals surface area contributed by atoms with Gasteiger partial charge in [0.15, 0.2) is 0 Å². The third-order valence-corrected chi connectivity index (χ3v) is 3.68. The highest BCUT2D eigenvalue weighted by Gasteiger charge is 2.41. The summed E-state index contributed by atoms with van der Waals surface area (Å²) in [4.78, 5) is 0. The maximum atomic E-state index is 13.2. The van der Waals surface area contributed by atoms with Crippen LogP contribution in [-0.4, -0.2) is 6.04 Å². The van der Waals surface area contributed by atoms with Crippen LogP contribution in [0.25, 0.3) is 0 Å². The molecule has 88 valence electrons. The van der Waals surface area contributed by atoms with Crippen LogP contribution >= 0.6 is 0 Å². The van der Waals surface area contributed by atoms with Crippen molar-refractivity contribution in [2.75, 3.05) is 5.32 Å². The lowest BCUT2D eigenvalue weighted by atomic mass is 10.1. The molecule has 0 amide bonds. The lowest BCUT2D eigenvalue weighted by molar-refractivity contribution is 0.567. The van der Waals surface area contributed by atoms with E-state index in [2.05, 4.69) is 5.32 Å². The molecular formula is C14H15FN2. The van der Waals surface area contributed by atoms with Gasteiger partial charge < -0.3 is 5.32 Å². The van der Waals surface area contributed by atoms with Crippen molar-refractivity contribution in [3.8, 4) is 6.07 Å². The molecule has 2 aliphatic rings. The summed E-state index contributed by atoms with van der Waals surface area (Å²) in [7, 11) is 0. The molecule has 0 bridgehead atoms. The SMILES string of the molecule is N#Cc1cc(NC(C2CC2)C2CC2)ccc1F. The van der Waals surface area contributed by atoms with Gasteiger partial charge in [0, 0.05) is 11.7 Å². The van der Waals surface area contributed by atoms with Crippen LogP contribution in [0, 0.1) is 29.0 Å². The number of benzene rings is 1. The molecule has 0 heterocycles. The molecule has 0 unspecified atom stereocenters. The van der Waals surface area contributed by atoms with Gasteiger partial charge >= 0.3 is 0 Å². The van der Waals surface area contributed by atoms with E-state index >= 15 is 0 Å². The van der Waals surface area contributed by atoms with Crippen molar-refractivity contribution in [2.24, 2.45) is 11.8 Å². The van der Waals surface area contributed by atoms with Crippen molar-refractivity contribution in [3.05, 3.63) is 29.6 Å². The standard InChI is InChI=1S/C14H15FN2/c15-13-6-5-12(7-11(13)8-16)17-14(9-1-2-9)10-3-4-10/h5-7,9-10,14,17H,1-4H2. The molecule has 0 aliphatic heterocycles. The molecule has 1 aromatic carbocycles. The molecule has 2 nitrogen and oxygen atoms in total. The highest BCUT2D eigenvalue weighted by Crippen LogP contribution is 2.45. The summed E-state index contributed by atoms with van der Waals surface area (Å²) < 4.78 is 13.2. The molecule has 3 heteroatoms. The van der Waals surface area contributed by atoms with E-state index in [1.54, 1.807) is 12.1 Å². The summed E-state index contributed by atoms with van der Waals surface area (Å²) in [5.74, 6) is 1.14. The quantitative estimate of drug-likeness (QED) is 0.861. The van der Waals surface area contributed by atoms with Gasteiger partial charge in [0.2, 0.25) is 0 Å². The fraction of sp³-hybridized carbons (Fsp3) is 0.500. The second kappa shape index (κ2) is 4.03. The van der Waals surface area contributed by atoms with Crippen LogP contribution < -0.4 is 5.32 Å². The largest absolute Gasteiger partial charge is 0.382 e. The first kappa shape index (κ1) is 10.6. The molecule has 2 aliphatic carbocycles. The zero-order chi connectivity index (χ0) is 11.8. The average Bonchev–Trinajstić information content (AvgIpc) is 3.18. The molecule has 0 radical (unpaired) electrons. The van der Waals surface area contributed by atoms with Crippen LogP contribution in [0.2, 0.25) is 0 Å². The fourth-order valence-corrected chi connectivity index (χ4v) is 2.42. The smallest absolute Gasteiger partial charge is 0.141 e. The lowest BCUT2D eigenvalue weighted by Gasteiger charge is -2.19. The van der Waals surface area contributed by atoms with Crippen LogP contribution in [0.5, 0.6) is 0 Å². The molecule has 2 saturated carbocycles. The van der Waals surface area contributed by atoms with Gasteiger partial charge in [-0.1, -0.05) is 0 Å². The molecule has 3 rings (SSSR count). The molecule has 1 N–H and O–H groups in total. The monoisotopic (exact) mass is 230 g/mol. The second-order valence-electron chi connectivity index (χ2n) is 5.15. The van der Waals surface area contributed by atoms with E-state index in [1.165, 1.54) is 31.7 Å². The first-order valence-electron chi connectivity index (χ1n) is 6.24. The Kier molecular flexibility index (Phi) is 2.51. The summed E-state index contributed by atoms with van der Waals surface area (Å²) in [6, 6.07) is 7.14. The van der Waals surface area contributed by atoms with E-state index in [0.29, 0.717) is 6.04 Å². The Balaban J connectivity index is 1.77. The fourth-order valence-electron chi connectivity index (χ4n) is 2.42. The number of rotatable bonds is 4. The number of hydrogen-bond acceptors (Lipinski definition) is 2. The third-order valence-electron chi connectivity index (χ3n) is 3.68. The molecule has 0 atom stereocenters. The summed E-state index contributed by atoms with van der Waals surface area (Å²) in [6.45, 7) is 0. The summed E-state index contributed by atoms with van der Waals surface area (Å²) in [6.07, 6.45) is 5.22. The van der Waals surface area contributed by atoms with Crippen molar-refractivity contribution >= 4 is 5.69 Å². The highest BCUT2D eigenvalue weighted by molar-refractivity contribution is 5.51. The van der Waals surface area contributed by atoms with Crippen LogP contribution in [0.1, 0.15) is 31.2 Å². The number of hydrogen-bond donors (Lipinski definition) is 1. The molecule has 17 heavy (non-hydrogen) atoms. The molecule has 0 aromatic heterocycles. The van der Waals surface area contributed by atoms with E-state index < -0.39 is 5.82 Å². The lowest BCUT2D eigenvalue weighted by Crippen LogP contribution is -2.24. The summed E-state index contributed by atoms with van der Waals surface area (Å²) >= 11 is 0. The van der Waals surface area contributed by atoms with Crippen LogP contribution in [0.4, 0.5) is 10.1 Å². The minimum Gasteiger partial charge on any atom is -0.382 e. The maximum Gasteiger partial charge on any atom is 0.141 e. The highest BCUT2D eigenvalue weighted by atomic mass is 19.1. The maximum absolute atomic E-state index is 13.2. The first-order valence-corrected chi connectivity index (χ1v) is 6.24. The predicted molar refractivity (Wildman–Crippen MR) is 64.0 cm³/mol. The number of halogens is 1. The van der Waals surface area contributed by atoms with Gasteiger partial charge in [-0.25, -0.2) is 4.39 Å². The Morgan fingerprint density at radius 3 is 2.41 bits per heavy atom. The van der Waals surface area contributed by atoms with Crippen molar-refractivity contribution < 1.29 is 4.39 Å². The van der Waals surface area contributed by atoms with Gasteiger partial charge in [-0.05, 0) is 55.7 Å². The van der Waals surface area contributed by atoms with Crippen LogP contribution in [0.15, 0.2) is 18.2 Å². The summed E-state index contributed by atoms with van der Waals surface area (Å²) in [5.41, 5.74) is 1.01. The van der Waals surface area contributed by atoms with Crippen molar-refractivity contribution in [3.63, 3.8) is 0 Å². The van der Waals surface area contributed by atoms with E-state index in [0.717, 1.165) is 17.5 Å². The van der Waals surface area contributed by atoms with Crippen molar-refractivity contribution in [1.82, 2.24) is 0 Å². The Hall–Kier alpha value is -1.56. The van der Waals surface area contributed by atoms with Gasteiger partial charge in [-0.15, -0.1) is 0 Å². The van der Waals surface area contributed by atoms with E-state index in [9.17, 15) is 4.39 Å². The molecule has 0 spiro atoms. The number of nitriles is 1. The Labute approximate surface area is 100 Å². The molecule has 2 fully saturated rings. The minimum absolute atomic E-state index is 0.125. The average molecular weight is 230 g/mol. The van der Waals surface area contributed by atoms with Crippen molar-refractivity contribution in [1.29, 1.82) is 5.26 Å². The Morgan fingerprint density at radius 1 is 1.24 bits per heavy atom. The molecular weight excluding hydrogens is 215 g/mol. The molecule has 0 saturated heterocycles. The van der Waals surface area contributed by atoms with E-state index in [-0.39, 0.29) is 5.56 Å². The van der Waals surface area contributed by atoms with Gasteiger partial charge in [-0.2, -0.15) is 5.26 Å². The Bertz CT molecular complexity index is 458. The molecule has 1 aromatic rings. The van der Waals surface area contributed by atoms with E-state index in [4.69, 9.17) is 5.26 Å². The second-order valence-corrected chi connectivity index (χ2v) is 5.15. The first-order chi connectivity index (χ1) is 8.28. The van der Waals surface area contributed by atoms with Crippen molar-refractivity contribution in [2.45, 2.75) is 31.7 Å². The van der Waals surface area contributed by atoms with Gasteiger partial charge in [0.1, 0.15) is 11.9 Å². The zero-order valence-corrected chi connectivity index (χ0v) is 9.62. The Morgan fingerprint density at radius 2 is 1.88 bits per heavy atom. The predicted octanol–water partition coefficient (Wildman–Crippen LogP) is 3.30. The normalized spacial score (nSPS) is 19.1. The zero-order valence-electron chi connectivity index (χ0n) is 9.62. The van der Waals surface area contributed by atoms with Gasteiger partial charge in [0.05, 0.1) is 5.56 Å². The third kappa shape index (κ3) is 2.26. The van der Waals surface area contributed by atoms with Crippen LogP contribution in [0.3, 0.4) is 0 Å². The van der Waals surface area contributed by atoms with Gasteiger partial charge in [0.25, 0.3) is 0 Å². The summed E-state index contributed by atoms with van der Waals surface area (Å²) in [5, 5.41) is 12.3. The topological polar surface area (TPSA) is 35.8 Å².